The second-order valence-electron chi connectivity index (χ2n) is 3.78. The monoisotopic (exact) mass is 293 g/mol. The first-order chi connectivity index (χ1) is 7.77. The molecule has 1 rings (SSSR count). The van der Waals surface area contributed by atoms with Crippen LogP contribution in [0.25, 0.3) is 0 Å². The number of carbonyl (C=O) groups is 1. The van der Waals surface area contributed by atoms with Gasteiger partial charge < -0.3 is 11.1 Å². The van der Waals surface area contributed by atoms with Crippen molar-refractivity contribution < 1.29 is 4.79 Å². The van der Waals surface area contributed by atoms with E-state index in [1.807, 2.05) is 0 Å². The average Bonchev–Trinajstić information content (AvgIpc) is 2.35. The fourth-order valence-corrected chi connectivity index (χ4v) is 1.47. The van der Waals surface area contributed by atoms with Crippen molar-refractivity contribution >= 4 is 30.7 Å². The number of hydrogen-bond donors (Lipinski definition) is 2. The van der Waals surface area contributed by atoms with Gasteiger partial charge in [0.1, 0.15) is 0 Å². The van der Waals surface area contributed by atoms with E-state index in [0.29, 0.717) is 12.1 Å². The summed E-state index contributed by atoms with van der Waals surface area (Å²) in [6, 6.07) is 3.46. The lowest BCUT2D eigenvalue weighted by Crippen LogP contribution is -2.40. The smallest absolute Gasteiger partial charge is 0.251 e. The Labute approximate surface area is 121 Å². The Morgan fingerprint density at radius 2 is 2.00 bits per heavy atom. The standard InChI is InChI=1S/C12H19N3O.2ClH/c1-2-3-4-11(9-13)15-12(16)10-5-7-14-8-6-10;;/h5-8,11H,2-4,9,13H2,1H3,(H,15,16);2*1H. The Morgan fingerprint density at radius 3 is 2.50 bits per heavy atom. The summed E-state index contributed by atoms with van der Waals surface area (Å²) in [5.74, 6) is -0.0750. The number of carbonyl (C=O) groups excluding carboxylic acids is 1. The molecule has 0 saturated heterocycles. The summed E-state index contributed by atoms with van der Waals surface area (Å²) in [6.07, 6.45) is 6.35. The zero-order valence-corrected chi connectivity index (χ0v) is 12.1. The maximum absolute atomic E-state index is 11.8. The number of aromatic nitrogens is 1. The van der Waals surface area contributed by atoms with Gasteiger partial charge in [0.2, 0.25) is 0 Å². The molecule has 1 amide bonds. The lowest BCUT2D eigenvalue weighted by Gasteiger charge is -2.16. The average molecular weight is 294 g/mol. The van der Waals surface area contributed by atoms with Gasteiger partial charge in [0.05, 0.1) is 0 Å². The molecule has 6 heteroatoms. The number of pyridine rings is 1. The van der Waals surface area contributed by atoms with E-state index in [2.05, 4.69) is 17.2 Å². The van der Waals surface area contributed by atoms with Crippen molar-refractivity contribution in [3.63, 3.8) is 0 Å². The van der Waals surface area contributed by atoms with Crippen LogP contribution in [0.2, 0.25) is 0 Å². The van der Waals surface area contributed by atoms with Crippen molar-refractivity contribution in [1.29, 1.82) is 0 Å². The third kappa shape index (κ3) is 6.79. The van der Waals surface area contributed by atoms with E-state index >= 15 is 0 Å². The molecule has 1 aromatic heterocycles. The van der Waals surface area contributed by atoms with Crippen LogP contribution in [-0.2, 0) is 0 Å². The molecule has 1 aromatic rings. The van der Waals surface area contributed by atoms with E-state index in [9.17, 15) is 4.79 Å². The Morgan fingerprint density at radius 1 is 1.39 bits per heavy atom. The molecule has 0 spiro atoms. The number of nitrogens with zero attached hydrogens (tertiary/aromatic N) is 1. The van der Waals surface area contributed by atoms with Crippen LogP contribution >= 0.6 is 24.8 Å². The highest BCUT2D eigenvalue weighted by Gasteiger charge is 2.11. The van der Waals surface area contributed by atoms with Crippen LogP contribution in [0.5, 0.6) is 0 Å². The van der Waals surface area contributed by atoms with Crippen molar-refractivity contribution in [2.45, 2.75) is 32.2 Å². The zero-order valence-electron chi connectivity index (χ0n) is 10.5. The Bertz CT molecular complexity index is 322. The van der Waals surface area contributed by atoms with Crippen molar-refractivity contribution in [3.8, 4) is 0 Å². The minimum atomic E-state index is -0.0750. The summed E-state index contributed by atoms with van der Waals surface area (Å²) >= 11 is 0. The van der Waals surface area contributed by atoms with Gasteiger partial charge in [-0.15, -0.1) is 24.8 Å². The molecule has 0 fully saturated rings. The first kappa shape index (κ1) is 19.5. The van der Waals surface area contributed by atoms with Crippen molar-refractivity contribution in [1.82, 2.24) is 10.3 Å². The molecular weight excluding hydrogens is 273 g/mol. The minimum absolute atomic E-state index is 0. The maximum atomic E-state index is 11.8. The van der Waals surface area contributed by atoms with Gasteiger partial charge in [-0.1, -0.05) is 19.8 Å². The second kappa shape index (κ2) is 11.3. The van der Waals surface area contributed by atoms with Crippen molar-refractivity contribution in [2.75, 3.05) is 6.54 Å². The first-order valence-corrected chi connectivity index (χ1v) is 5.69. The van der Waals surface area contributed by atoms with Gasteiger partial charge in [-0.25, -0.2) is 0 Å². The van der Waals surface area contributed by atoms with E-state index in [4.69, 9.17) is 5.73 Å². The molecule has 104 valence electrons. The molecule has 1 atom stereocenters. The number of nitrogens with one attached hydrogen (secondary N) is 1. The van der Waals surface area contributed by atoms with E-state index in [1.165, 1.54) is 0 Å². The van der Waals surface area contributed by atoms with Crippen LogP contribution in [-0.4, -0.2) is 23.5 Å². The molecule has 0 radical (unpaired) electrons. The highest BCUT2D eigenvalue weighted by Crippen LogP contribution is 2.02. The van der Waals surface area contributed by atoms with Gasteiger partial charge >= 0.3 is 0 Å². The fourth-order valence-electron chi connectivity index (χ4n) is 1.47. The summed E-state index contributed by atoms with van der Waals surface area (Å²) < 4.78 is 0. The third-order valence-electron chi connectivity index (χ3n) is 2.47. The maximum Gasteiger partial charge on any atom is 0.251 e. The zero-order chi connectivity index (χ0) is 11.8. The van der Waals surface area contributed by atoms with Gasteiger partial charge in [0, 0.05) is 30.5 Å². The predicted octanol–water partition coefficient (Wildman–Crippen LogP) is 2.17. The lowest BCUT2D eigenvalue weighted by molar-refractivity contribution is 0.0935. The number of rotatable bonds is 6. The van der Waals surface area contributed by atoms with E-state index < -0.39 is 0 Å². The van der Waals surface area contributed by atoms with Crippen LogP contribution in [0, 0.1) is 0 Å². The Balaban J connectivity index is 0. The molecule has 0 aliphatic heterocycles. The molecule has 3 N–H and O–H groups in total. The summed E-state index contributed by atoms with van der Waals surface area (Å²) in [7, 11) is 0. The van der Waals surface area contributed by atoms with Crippen LogP contribution in [0.1, 0.15) is 36.5 Å². The van der Waals surface area contributed by atoms with Gasteiger partial charge in [-0.05, 0) is 18.6 Å². The highest BCUT2D eigenvalue weighted by atomic mass is 35.5. The van der Waals surface area contributed by atoms with Crippen LogP contribution < -0.4 is 11.1 Å². The van der Waals surface area contributed by atoms with Gasteiger partial charge in [0.15, 0.2) is 0 Å². The van der Waals surface area contributed by atoms with Gasteiger partial charge in [0.25, 0.3) is 5.91 Å². The van der Waals surface area contributed by atoms with Crippen LogP contribution in [0.3, 0.4) is 0 Å². The lowest BCUT2D eigenvalue weighted by atomic mass is 10.1. The molecular formula is C12H21Cl2N3O. The molecule has 0 aromatic carbocycles. The molecule has 1 heterocycles. The fraction of sp³-hybridized carbons (Fsp3) is 0.500. The Kier molecular flexibility index (Phi) is 12.2. The van der Waals surface area contributed by atoms with E-state index in [1.54, 1.807) is 24.5 Å². The molecule has 0 aliphatic carbocycles. The van der Waals surface area contributed by atoms with E-state index in [0.717, 1.165) is 19.3 Å². The van der Waals surface area contributed by atoms with Crippen molar-refractivity contribution in [3.05, 3.63) is 30.1 Å². The topological polar surface area (TPSA) is 68.0 Å². The van der Waals surface area contributed by atoms with Gasteiger partial charge in [-0.3, -0.25) is 9.78 Å². The van der Waals surface area contributed by atoms with Crippen LogP contribution in [0.4, 0.5) is 0 Å². The minimum Gasteiger partial charge on any atom is -0.348 e. The largest absolute Gasteiger partial charge is 0.348 e. The Hall–Kier alpha value is -0.840. The molecule has 18 heavy (non-hydrogen) atoms. The summed E-state index contributed by atoms with van der Waals surface area (Å²) in [4.78, 5) is 15.7. The normalized spacial score (nSPS) is 10.8. The number of unbranched alkanes of at least 4 members (excludes halogenated alkanes) is 1. The van der Waals surface area contributed by atoms with E-state index in [-0.39, 0.29) is 36.8 Å². The quantitative estimate of drug-likeness (QED) is 0.845. The molecule has 0 saturated carbocycles. The van der Waals surface area contributed by atoms with Crippen molar-refractivity contribution in [2.24, 2.45) is 5.73 Å². The molecule has 0 aliphatic rings. The highest BCUT2D eigenvalue weighted by molar-refractivity contribution is 5.94. The second-order valence-corrected chi connectivity index (χ2v) is 3.78. The number of nitrogens with two attached hydrogens (primary N) is 1. The summed E-state index contributed by atoms with van der Waals surface area (Å²) in [5.41, 5.74) is 6.24. The number of hydrogen-bond acceptors (Lipinski definition) is 3. The SMILES string of the molecule is CCCCC(CN)NC(=O)c1ccncc1.Cl.Cl. The van der Waals surface area contributed by atoms with Crippen LogP contribution in [0.15, 0.2) is 24.5 Å². The molecule has 4 nitrogen and oxygen atoms in total. The summed E-state index contributed by atoms with van der Waals surface area (Å²) in [5, 5.41) is 2.93. The molecule has 1 unspecified atom stereocenters. The predicted molar refractivity (Wildman–Crippen MR) is 78.6 cm³/mol. The molecule has 0 bridgehead atoms. The number of halogens is 2. The third-order valence-corrected chi connectivity index (χ3v) is 2.47. The summed E-state index contributed by atoms with van der Waals surface area (Å²) in [6.45, 7) is 2.61. The van der Waals surface area contributed by atoms with Gasteiger partial charge in [-0.2, -0.15) is 0 Å². The number of amides is 1. The first-order valence-electron chi connectivity index (χ1n) is 5.69.